The molecule has 3 heterocycles. The van der Waals surface area contributed by atoms with Gasteiger partial charge in [0.25, 0.3) is 0 Å². The largest absolute Gasteiger partial charge is 0.507 e. The maximum Gasteiger partial charge on any atom is 0.153 e. The van der Waals surface area contributed by atoms with E-state index in [2.05, 4.69) is 143 Å². The lowest BCUT2D eigenvalue weighted by atomic mass is 9.79. The first-order valence-electron chi connectivity index (χ1n) is 18.9. The molecule has 0 saturated heterocycles. The third-order valence-corrected chi connectivity index (χ3v) is 10.6. The summed E-state index contributed by atoms with van der Waals surface area (Å²) in [5.74, 6) is 0.956. The van der Waals surface area contributed by atoms with Crippen molar-refractivity contribution in [2.24, 2.45) is 0 Å². The number of pyridine rings is 1. The summed E-state index contributed by atoms with van der Waals surface area (Å²) in [4.78, 5) is 10.4. The Kier molecular flexibility index (Phi) is 8.01. The number of phenolic OH excluding ortho intramolecular Hbond substituents is 1. The van der Waals surface area contributed by atoms with Gasteiger partial charge in [-0.25, -0.2) is 4.98 Å². The molecule has 3 aromatic heterocycles. The van der Waals surface area contributed by atoms with Gasteiger partial charge in [0.15, 0.2) is 5.58 Å². The Morgan fingerprint density at radius 3 is 2.00 bits per heavy atom. The monoisotopic (exact) mass is 717 g/mol. The Balaban J connectivity index is 1.32. The highest BCUT2D eigenvalue weighted by molar-refractivity contribution is 6.06. The fourth-order valence-corrected chi connectivity index (χ4v) is 7.68. The summed E-state index contributed by atoms with van der Waals surface area (Å²) in [5.41, 5.74) is 12.8. The second-order valence-corrected chi connectivity index (χ2v) is 16.5. The predicted molar refractivity (Wildman–Crippen MR) is 227 cm³/mol. The van der Waals surface area contributed by atoms with E-state index in [0.29, 0.717) is 11.4 Å². The summed E-state index contributed by atoms with van der Waals surface area (Å²) in [7, 11) is 0. The molecule has 0 spiro atoms. The lowest BCUT2D eigenvalue weighted by Crippen LogP contribution is -2.17. The van der Waals surface area contributed by atoms with Crippen LogP contribution in [0.3, 0.4) is 0 Å². The Hall–Kier alpha value is -6.46. The highest BCUT2D eigenvalue weighted by Crippen LogP contribution is 2.45. The van der Waals surface area contributed by atoms with E-state index in [9.17, 15) is 5.11 Å². The summed E-state index contributed by atoms with van der Waals surface area (Å²) < 4.78 is 8.32. The number of aromatic nitrogens is 3. The minimum atomic E-state index is -0.289. The van der Waals surface area contributed by atoms with Crippen molar-refractivity contribution >= 4 is 33.0 Å². The predicted octanol–water partition coefficient (Wildman–Crippen LogP) is 13.3. The molecule has 0 fully saturated rings. The van der Waals surface area contributed by atoms with E-state index >= 15 is 0 Å². The van der Waals surface area contributed by atoms with Crippen LogP contribution in [0.4, 0.5) is 0 Å². The summed E-state index contributed by atoms with van der Waals surface area (Å²) in [6, 6.07) is 48.4. The fourth-order valence-electron chi connectivity index (χ4n) is 7.68. The summed E-state index contributed by atoms with van der Waals surface area (Å²) >= 11 is 0. The van der Waals surface area contributed by atoms with Crippen LogP contribution in [0, 0.1) is 0 Å². The van der Waals surface area contributed by atoms with Crippen LogP contribution in [0.25, 0.3) is 83.6 Å². The van der Waals surface area contributed by atoms with Crippen molar-refractivity contribution in [1.82, 2.24) is 14.5 Å². The molecule has 5 heteroatoms. The standard InChI is InChI=1S/C50H43N3O2/c1-49(2,3)35-27-40(47(54)41(28-35)50(4,5)6)48-52-46-37(21-15-22-43(46)53(48)36-18-11-8-12-19-36)33-24-32(31-16-9-7-10-17-31)25-34(26-33)42-29-39-38-20-13-14-23-44(38)55-45(39)30-51-42/h7-30,54H,1-6H3. The van der Waals surface area contributed by atoms with E-state index in [1.165, 1.54) is 0 Å². The first kappa shape index (κ1) is 34.3. The van der Waals surface area contributed by atoms with Crippen LogP contribution in [0.5, 0.6) is 5.75 Å². The molecule has 55 heavy (non-hydrogen) atoms. The second-order valence-electron chi connectivity index (χ2n) is 16.5. The number of rotatable bonds is 5. The highest BCUT2D eigenvalue weighted by atomic mass is 16.3. The molecule has 1 N–H and O–H groups in total. The maximum absolute atomic E-state index is 12.1. The van der Waals surface area contributed by atoms with E-state index < -0.39 is 0 Å². The highest BCUT2D eigenvalue weighted by Gasteiger charge is 2.28. The van der Waals surface area contributed by atoms with Gasteiger partial charge in [0.2, 0.25) is 0 Å². The molecule has 0 radical (unpaired) electrons. The normalized spacial score (nSPS) is 12.3. The van der Waals surface area contributed by atoms with E-state index in [1.54, 1.807) is 0 Å². The third-order valence-electron chi connectivity index (χ3n) is 10.6. The van der Waals surface area contributed by atoms with E-state index in [-0.39, 0.29) is 16.6 Å². The van der Waals surface area contributed by atoms with Crippen LogP contribution >= 0.6 is 0 Å². The molecule has 0 unspecified atom stereocenters. The van der Waals surface area contributed by atoms with Crippen LogP contribution < -0.4 is 0 Å². The van der Waals surface area contributed by atoms with Crippen molar-refractivity contribution in [3.05, 3.63) is 157 Å². The molecule has 5 nitrogen and oxygen atoms in total. The minimum Gasteiger partial charge on any atom is -0.507 e. The molecular weight excluding hydrogens is 675 g/mol. The number of para-hydroxylation sites is 3. The van der Waals surface area contributed by atoms with Gasteiger partial charge in [0.05, 0.1) is 28.5 Å². The van der Waals surface area contributed by atoms with Crippen LogP contribution in [0.2, 0.25) is 0 Å². The van der Waals surface area contributed by atoms with E-state index in [4.69, 9.17) is 14.4 Å². The van der Waals surface area contributed by atoms with Crippen LogP contribution in [0.15, 0.2) is 150 Å². The summed E-state index contributed by atoms with van der Waals surface area (Å²) in [5, 5.41) is 14.2. The Labute approximate surface area is 321 Å². The average molecular weight is 718 g/mol. The molecule has 0 bridgehead atoms. The van der Waals surface area contributed by atoms with Gasteiger partial charge >= 0.3 is 0 Å². The zero-order valence-electron chi connectivity index (χ0n) is 32.1. The molecule has 0 amide bonds. The van der Waals surface area contributed by atoms with Crippen LogP contribution in [-0.2, 0) is 10.8 Å². The molecular formula is C50H43N3O2. The van der Waals surface area contributed by atoms with Gasteiger partial charge in [0, 0.05) is 33.2 Å². The van der Waals surface area contributed by atoms with Crippen molar-refractivity contribution in [2.45, 2.75) is 52.4 Å². The quantitative estimate of drug-likeness (QED) is 0.192. The van der Waals surface area contributed by atoms with E-state index in [1.807, 2.05) is 48.7 Å². The lowest BCUT2D eigenvalue weighted by Gasteiger charge is -2.27. The van der Waals surface area contributed by atoms with Crippen molar-refractivity contribution in [2.75, 3.05) is 0 Å². The molecule has 270 valence electrons. The van der Waals surface area contributed by atoms with E-state index in [0.717, 1.165) is 83.3 Å². The number of nitrogens with zero attached hydrogens (tertiary/aromatic N) is 3. The summed E-state index contributed by atoms with van der Waals surface area (Å²) in [6.45, 7) is 13.1. The van der Waals surface area contributed by atoms with Gasteiger partial charge in [0.1, 0.15) is 17.2 Å². The molecule has 0 atom stereocenters. The van der Waals surface area contributed by atoms with Gasteiger partial charge in [-0.1, -0.05) is 126 Å². The average Bonchev–Trinajstić information content (AvgIpc) is 3.76. The summed E-state index contributed by atoms with van der Waals surface area (Å²) in [6.07, 6.45) is 1.83. The number of phenols is 1. The van der Waals surface area contributed by atoms with Crippen LogP contribution in [-0.4, -0.2) is 19.6 Å². The second kappa shape index (κ2) is 12.8. The number of hydrogen-bond donors (Lipinski definition) is 1. The number of imidazole rings is 1. The fraction of sp³-hybridized carbons (Fsp3) is 0.160. The molecule has 0 aliphatic carbocycles. The number of fused-ring (bicyclic) bond motifs is 4. The minimum absolute atomic E-state index is 0.148. The number of hydrogen-bond acceptors (Lipinski definition) is 4. The smallest absolute Gasteiger partial charge is 0.153 e. The SMILES string of the molecule is CC(C)(C)c1cc(-c2nc3c(-c4cc(-c5ccccc5)cc(-c5cc6c(cn5)oc5ccccc56)c4)cccc3n2-c2ccccc2)c(O)c(C(C)(C)C)c1. The Bertz CT molecular complexity index is 2890. The topological polar surface area (TPSA) is 64.1 Å². The van der Waals surface area contributed by atoms with Gasteiger partial charge in [-0.05, 0) is 87.7 Å². The van der Waals surface area contributed by atoms with Crippen molar-refractivity contribution in [3.8, 4) is 56.3 Å². The van der Waals surface area contributed by atoms with Gasteiger partial charge in [-0.15, -0.1) is 0 Å². The van der Waals surface area contributed by atoms with Crippen molar-refractivity contribution in [3.63, 3.8) is 0 Å². The maximum atomic E-state index is 12.1. The van der Waals surface area contributed by atoms with Gasteiger partial charge < -0.3 is 9.52 Å². The Morgan fingerprint density at radius 1 is 0.564 bits per heavy atom. The number of benzene rings is 6. The third kappa shape index (κ3) is 6.06. The Morgan fingerprint density at radius 2 is 1.25 bits per heavy atom. The van der Waals surface area contributed by atoms with Crippen LogP contribution in [0.1, 0.15) is 52.7 Å². The first-order valence-corrected chi connectivity index (χ1v) is 18.9. The van der Waals surface area contributed by atoms with Gasteiger partial charge in [-0.2, -0.15) is 0 Å². The molecule has 9 rings (SSSR count). The van der Waals surface area contributed by atoms with Gasteiger partial charge in [-0.3, -0.25) is 9.55 Å². The molecule has 6 aromatic carbocycles. The number of furan rings is 1. The van der Waals surface area contributed by atoms with Crippen molar-refractivity contribution in [1.29, 1.82) is 0 Å². The first-order chi connectivity index (χ1) is 26.4. The zero-order valence-corrected chi connectivity index (χ0v) is 32.1. The molecule has 0 aliphatic heterocycles. The number of aromatic hydroxyl groups is 1. The van der Waals surface area contributed by atoms with Crippen molar-refractivity contribution < 1.29 is 9.52 Å². The lowest BCUT2D eigenvalue weighted by molar-refractivity contribution is 0.446. The molecule has 9 aromatic rings. The molecule has 0 saturated carbocycles. The molecule has 0 aliphatic rings. The zero-order chi connectivity index (χ0) is 38.1.